The molecule has 0 radical (unpaired) electrons. The molecule has 0 amide bonds. The Labute approximate surface area is 306 Å². The minimum Gasteiger partial charge on any atom is -0.465 e. The van der Waals surface area contributed by atoms with E-state index in [1.165, 1.54) is 0 Å². The van der Waals surface area contributed by atoms with Crippen LogP contribution in [0.25, 0.3) is 0 Å². The predicted octanol–water partition coefficient (Wildman–Crippen LogP) is 7.52. The van der Waals surface area contributed by atoms with Gasteiger partial charge in [0.25, 0.3) is 0 Å². The SMILES string of the molecule is CC(C)C(=O)OCC(C)(C)C(O)C(C)C.CC(C)C(O)C(C)(C)C=O.CC(C)C1OC(O)C(C)(C)C(C(C)C)O1.CC(C)C=O.CC(C)C=O. The van der Waals surface area contributed by atoms with Gasteiger partial charge in [0.2, 0.25) is 0 Å². The van der Waals surface area contributed by atoms with Crippen molar-refractivity contribution >= 4 is 24.8 Å². The van der Waals surface area contributed by atoms with Crippen LogP contribution in [0, 0.1) is 57.7 Å². The molecule has 5 unspecified atom stereocenters. The summed E-state index contributed by atoms with van der Waals surface area (Å²) in [5.41, 5.74) is -1.34. The van der Waals surface area contributed by atoms with Gasteiger partial charge in [-0.25, -0.2) is 0 Å². The Morgan fingerprint density at radius 2 is 1.10 bits per heavy atom. The molecule has 1 saturated heterocycles. The molecule has 1 fully saturated rings. The van der Waals surface area contributed by atoms with E-state index in [4.69, 9.17) is 14.2 Å². The van der Waals surface area contributed by atoms with E-state index in [0.717, 1.165) is 18.9 Å². The largest absolute Gasteiger partial charge is 0.465 e. The van der Waals surface area contributed by atoms with Crippen LogP contribution in [0.2, 0.25) is 0 Å². The van der Waals surface area contributed by atoms with E-state index in [9.17, 15) is 34.5 Å². The first kappa shape index (κ1) is 55.0. The molecule has 0 aromatic heterocycles. The van der Waals surface area contributed by atoms with Crippen molar-refractivity contribution in [2.45, 2.75) is 169 Å². The second kappa shape index (κ2) is 26.1. The zero-order chi connectivity index (χ0) is 41.0. The second-order valence-corrected chi connectivity index (χ2v) is 17.6. The highest BCUT2D eigenvalue weighted by Crippen LogP contribution is 2.39. The van der Waals surface area contributed by atoms with Crippen LogP contribution in [-0.2, 0) is 33.4 Å². The molecule has 5 atom stereocenters. The Kier molecular flexibility index (Phi) is 28.7. The van der Waals surface area contributed by atoms with E-state index in [-0.39, 0.29) is 65.9 Å². The van der Waals surface area contributed by atoms with Crippen molar-refractivity contribution in [3.8, 4) is 0 Å². The Morgan fingerprint density at radius 1 is 0.720 bits per heavy atom. The maximum Gasteiger partial charge on any atom is 0.308 e. The van der Waals surface area contributed by atoms with Crippen molar-refractivity contribution in [2.75, 3.05) is 6.61 Å². The lowest BCUT2D eigenvalue weighted by Gasteiger charge is -2.48. The van der Waals surface area contributed by atoms with Gasteiger partial charge in [-0.05, 0) is 17.8 Å². The smallest absolute Gasteiger partial charge is 0.308 e. The fourth-order valence-corrected chi connectivity index (χ4v) is 4.47. The number of ether oxygens (including phenoxy) is 3. The third kappa shape index (κ3) is 23.7. The summed E-state index contributed by atoms with van der Waals surface area (Å²) in [6, 6.07) is 0. The minimum absolute atomic E-state index is 0.0358. The highest BCUT2D eigenvalue weighted by molar-refractivity contribution is 5.71. The summed E-state index contributed by atoms with van der Waals surface area (Å²) in [5, 5.41) is 29.3. The number of aldehydes is 3. The van der Waals surface area contributed by atoms with Gasteiger partial charge in [0, 0.05) is 34.0 Å². The van der Waals surface area contributed by atoms with Crippen LogP contribution in [0.1, 0.15) is 138 Å². The molecule has 0 aromatic carbocycles. The Balaban J connectivity index is -0.000000283. The van der Waals surface area contributed by atoms with Crippen molar-refractivity contribution < 1.29 is 48.7 Å². The van der Waals surface area contributed by atoms with E-state index < -0.39 is 29.3 Å². The summed E-state index contributed by atoms with van der Waals surface area (Å²) in [4.78, 5) is 40.7. The van der Waals surface area contributed by atoms with E-state index in [2.05, 4.69) is 13.8 Å². The molecule has 1 aliphatic heterocycles. The summed E-state index contributed by atoms with van der Waals surface area (Å²) in [6.45, 7) is 38.6. The van der Waals surface area contributed by atoms with Crippen LogP contribution < -0.4 is 0 Å². The van der Waals surface area contributed by atoms with Crippen molar-refractivity contribution in [3.63, 3.8) is 0 Å². The summed E-state index contributed by atoms with van der Waals surface area (Å²) in [5.74, 6) is 1.02. The van der Waals surface area contributed by atoms with Crippen LogP contribution in [0.5, 0.6) is 0 Å². The lowest BCUT2D eigenvalue weighted by Crippen LogP contribution is -2.55. The molecule has 0 bridgehead atoms. The molecule has 0 saturated carbocycles. The molecule has 1 heterocycles. The average molecular weight is 721 g/mol. The Hall–Kier alpha value is -1.72. The molecule has 10 heteroatoms. The molecule has 0 aliphatic carbocycles. The molecule has 10 nitrogen and oxygen atoms in total. The molecule has 300 valence electrons. The molecule has 3 N–H and O–H groups in total. The summed E-state index contributed by atoms with van der Waals surface area (Å²) >= 11 is 0. The van der Waals surface area contributed by atoms with Gasteiger partial charge >= 0.3 is 5.97 Å². The van der Waals surface area contributed by atoms with Gasteiger partial charge in [-0.2, -0.15) is 0 Å². The van der Waals surface area contributed by atoms with Gasteiger partial charge in [-0.1, -0.05) is 138 Å². The monoisotopic (exact) mass is 721 g/mol. The van der Waals surface area contributed by atoms with Crippen LogP contribution in [0.4, 0.5) is 0 Å². The van der Waals surface area contributed by atoms with Gasteiger partial charge in [-0.3, -0.25) is 4.79 Å². The second-order valence-electron chi connectivity index (χ2n) is 17.6. The zero-order valence-electron chi connectivity index (χ0n) is 35.6. The summed E-state index contributed by atoms with van der Waals surface area (Å²) in [6.07, 6.45) is 0.639. The van der Waals surface area contributed by atoms with Gasteiger partial charge in [0.05, 0.1) is 30.8 Å². The number of hydrogen-bond donors (Lipinski definition) is 3. The average Bonchev–Trinajstić information content (AvgIpc) is 3.00. The first-order valence-corrected chi connectivity index (χ1v) is 18.3. The topological polar surface area (TPSA) is 157 Å². The highest BCUT2D eigenvalue weighted by Gasteiger charge is 2.47. The normalized spacial score (nSPS) is 20.0. The Morgan fingerprint density at radius 3 is 1.34 bits per heavy atom. The van der Waals surface area contributed by atoms with E-state index in [1.807, 2.05) is 96.9 Å². The van der Waals surface area contributed by atoms with Gasteiger partial charge in [0.1, 0.15) is 18.9 Å². The van der Waals surface area contributed by atoms with Crippen LogP contribution in [0.3, 0.4) is 0 Å². The highest BCUT2D eigenvalue weighted by atomic mass is 16.7. The molecular weight excluding hydrogens is 640 g/mol. The third-order valence-electron chi connectivity index (χ3n) is 7.80. The fraction of sp³-hybridized carbons (Fsp3) is 0.900. The standard InChI is InChI=1S/2C12H24O3.C8H16O2.2C4H8O/c1-7(2)9-12(5,6)11(13)15-10(14-9)8(3)4;1-8(2)10(13)12(5,6)7-15-11(14)9(3)4;1-6(2)7(10)8(3,4)5-9;2*1-4(2)3-5/h7-11,13H,1-6H3;8-10,13H,7H2,1-6H3;5-7,10H,1-4H3;2*3-4H,1-2H3. The van der Waals surface area contributed by atoms with Crippen LogP contribution in [0.15, 0.2) is 0 Å². The van der Waals surface area contributed by atoms with E-state index >= 15 is 0 Å². The lowest BCUT2D eigenvalue weighted by molar-refractivity contribution is -0.362. The van der Waals surface area contributed by atoms with E-state index in [1.54, 1.807) is 27.7 Å². The zero-order valence-corrected chi connectivity index (χ0v) is 35.6. The third-order valence-corrected chi connectivity index (χ3v) is 7.80. The number of rotatable bonds is 12. The Bertz CT molecular complexity index is 892. The van der Waals surface area contributed by atoms with Crippen LogP contribution in [-0.4, -0.2) is 77.6 Å². The van der Waals surface area contributed by atoms with Crippen molar-refractivity contribution in [1.82, 2.24) is 0 Å². The van der Waals surface area contributed by atoms with Gasteiger partial charge < -0.3 is 43.9 Å². The number of carbonyl (C=O) groups excluding carboxylic acids is 4. The number of esters is 1. The molecule has 0 spiro atoms. The number of aliphatic hydroxyl groups excluding tert-OH is 3. The van der Waals surface area contributed by atoms with Crippen molar-refractivity contribution in [2.24, 2.45) is 57.7 Å². The first-order chi connectivity index (χ1) is 22.4. The molecular formula is C40H80O10. The lowest BCUT2D eigenvalue weighted by atomic mass is 9.79. The maximum atomic E-state index is 11.3. The van der Waals surface area contributed by atoms with Gasteiger partial charge in [0.15, 0.2) is 12.6 Å². The first-order valence-electron chi connectivity index (χ1n) is 18.3. The molecule has 50 heavy (non-hydrogen) atoms. The number of hydrogen-bond acceptors (Lipinski definition) is 10. The summed E-state index contributed by atoms with van der Waals surface area (Å²) in [7, 11) is 0. The minimum atomic E-state index is -0.744. The number of carbonyl (C=O) groups is 4. The van der Waals surface area contributed by atoms with Crippen molar-refractivity contribution in [1.29, 1.82) is 0 Å². The van der Waals surface area contributed by atoms with Crippen molar-refractivity contribution in [3.05, 3.63) is 0 Å². The maximum absolute atomic E-state index is 11.3. The fourth-order valence-electron chi connectivity index (χ4n) is 4.47. The summed E-state index contributed by atoms with van der Waals surface area (Å²) < 4.78 is 16.5. The molecule has 1 aliphatic rings. The van der Waals surface area contributed by atoms with Gasteiger partial charge in [-0.15, -0.1) is 0 Å². The quantitative estimate of drug-likeness (QED) is 0.136. The number of aliphatic hydroxyl groups is 3. The van der Waals surface area contributed by atoms with Crippen LogP contribution >= 0.6 is 0 Å². The molecule has 0 aromatic rings. The predicted molar refractivity (Wildman–Crippen MR) is 202 cm³/mol. The van der Waals surface area contributed by atoms with E-state index in [0.29, 0.717) is 5.92 Å². The molecule has 1 rings (SSSR count).